The van der Waals surface area contributed by atoms with Gasteiger partial charge < -0.3 is 9.84 Å². The summed E-state index contributed by atoms with van der Waals surface area (Å²) in [6.45, 7) is 3.06. The van der Waals surface area contributed by atoms with Crippen LogP contribution in [0.3, 0.4) is 0 Å². The quantitative estimate of drug-likeness (QED) is 0.458. The van der Waals surface area contributed by atoms with E-state index < -0.39 is 5.97 Å². The summed E-state index contributed by atoms with van der Waals surface area (Å²) in [6.07, 6.45) is 1.05. The molecule has 3 radical (unpaired) electrons. The van der Waals surface area contributed by atoms with Gasteiger partial charge in [-0.25, -0.2) is 9.18 Å². The zero-order chi connectivity index (χ0) is 8.41. The molecule has 0 aliphatic rings. The Labute approximate surface area is 59.1 Å². The van der Waals surface area contributed by atoms with Crippen LogP contribution in [0.15, 0.2) is 12.7 Å². The van der Waals surface area contributed by atoms with Gasteiger partial charge in [0.15, 0.2) is 0 Å². The molecule has 0 amide bonds. The molecule has 4 heteroatoms. The highest BCUT2D eigenvalue weighted by Gasteiger charge is 1.90. The molecule has 0 spiro atoms. The van der Waals surface area contributed by atoms with Crippen LogP contribution in [0.2, 0.25) is 0 Å². The molecule has 0 saturated heterocycles. The highest BCUT2D eigenvalue weighted by atomic mass is 19.1. The fraction of sp³-hybridized carbons (Fsp3) is 0.333. The van der Waals surface area contributed by atoms with Crippen molar-refractivity contribution in [1.82, 2.24) is 0 Å². The Balaban J connectivity index is 0. The van der Waals surface area contributed by atoms with Crippen LogP contribution in [0.4, 0.5) is 4.39 Å². The average Bonchev–Trinajstić information content (AvgIpc) is 2.04. The second-order valence-corrected chi connectivity index (χ2v) is 1.10. The first-order valence-electron chi connectivity index (χ1n) is 2.40. The van der Waals surface area contributed by atoms with E-state index in [2.05, 4.69) is 18.5 Å². The number of hydrogen-bond acceptors (Lipinski definition) is 3. The van der Waals surface area contributed by atoms with E-state index in [1.807, 2.05) is 0 Å². The number of carbonyl (C=O) groups is 1. The molecular weight excluding hydrogens is 139 g/mol. The summed E-state index contributed by atoms with van der Waals surface area (Å²) < 4.78 is 13.1. The van der Waals surface area contributed by atoms with E-state index in [4.69, 9.17) is 9.50 Å². The van der Waals surface area contributed by atoms with Gasteiger partial charge in [-0.05, 0) is 0 Å². The Kier molecular flexibility index (Phi) is 13.0. The average molecular weight is 147 g/mol. The van der Waals surface area contributed by atoms with Gasteiger partial charge in [-0.3, -0.25) is 0 Å². The predicted octanol–water partition coefficient (Wildman–Crippen LogP) is 0.209. The number of aliphatic hydroxyl groups excluding tert-OH is 1. The summed E-state index contributed by atoms with van der Waals surface area (Å²) in [5, 5.41) is 8.10. The van der Waals surface area contributed by atoms with E-state index in [9.17, 15) is 4.79 Å². The standard InChI is InChI=1S/C5H8O3.CF/c1-2-5(7)8-4-3-6;1-2/h2,6H,1,3-4H2;. The van der Waals surface area contributed by atoms with Crippen LogP contribution in [-0.4, -0.2) is 24.3 Å². The third-order valence-electron chi connectivity index (χ3n) is 0.502. The van der Waals surface area contributed by atoms with Gasteiger partial charge in [-0.2, -0.15) is 0 Å². The van der Waals surface area contributed by atoms with Crippen LogP contribution in [0.5, 0.6) is 0 Å². The Morgan fingerprint density at radius 1 is 1.80 bits per heavy atom. The number of halogens is 1. The highest BCUT2D eigenvalue weighted by Crippen LogP contribution is 1.75. The van der Waals surface area contributed by atoms with Crippen LogP contribution in [0.25, 0.3) is 0 Å². The van der Waals surface area contributed by atoms with Crippen molar-refractivity contribution >= 4 is 5.97 Å². The molecule has 0 rings (SSSR count). The lowest BCUT2D eigenvalue weighted by Crippen LogP contribution is -2.04. The van der Waals surface area contributed by atoms with Crippen molar-refractivity contribution in [3.05, 3.63) is 19.8 Å². The third-order valence-corrected chi connectivity index (χ3v) is 0.502. The molecule has 0 atom stereocenters. The summed E-state index contributed by atoms with van der Waals surface area (Å²) in [5.41, 5.74) is 0. The lowest BCUT2D eigenvalue weighted by molar-refractivity contribution is -0.138. The van der Waals surface area contributed by atoms with Crippen molar-refractivity contribution in [2.45, 2.75) is 0 Å². The second-order valence-electron chi connectivity index (χ2n) is 1.10. The molecule has 0 heterocycles. The number of hydrogen-bond donors (Lipinski definition) is 1. The van der Waals surface area contributed by atoms with E-state index in [-0.39, 0.29) is 13.2 Å². The van der Waals surface area contributed by atoms with Crippen LogP contribution < -0.4 is 0 Å². The van der Waals surface area contributed by atoms with Crippen LogP contribution >= 0.6 is 0 Å². The van der Waals surface area contributed by atoms with E-state index in [0.29, 0.717) is 0 Å². The normalized spacial score (nSPS) is 7.10. The summed E-state index contributed by atoms with van der Waals surface area (Å²) >= 11 is 0. The third kappa shape index (κ3) is 10.2. The Bertz CT molecular complexity index is 93.0. The Hall–Kier alpha value is -0.900. The van der Waals surface area contributed by atoms with E-state index >= 15 is 0 Å². The summed E-state index contributed by atoms with van der Waals surface area (Å²) in [6, 6.07) is 0. The molecule has 10 heavy (non-hydrogen) atoms. The van der Waals surface area contributed by atoms with Crippen LogP contribution in [-0.2, 0) is 9.53 Å². The minimum atomic E-state index is -0.501. The minimum Gasteiger partial charge on any atom is -0.460 e. The molecule has 57 valence electrons. The van der Waals surface area contributed by atoms with Crippen molar-refractivity contribution < 1.29 is 19.0 Å². The lowest BCUT2D eigenvalue weighted by atomic mass is 10.6. The molecule has 0 aliphatic carbocycles. The van der Waals surface area contributed by atoms with Gasteiger partial charge >= 0.3 is 5.97 Å². The maximum atomic E-state index is 10.1. The van der Waals surface area contributed by atoms with Crippen molar-refractivity contribution in [3.8, 4) is 0 Å². The molecule has 0 bridgehead atoms. The maximum Gasteiger partial charge on any atom is 0.330 e. The van der Waals surface area contributed by atoms with Crippen LogP contribution in [0, 0.1) is 7.18 Å². The molecule has 1 N–H and O–H groups in total. The molecule has 0 unspecified atom stereocenters. The number of rotatable bonds is 3. The first-order chi connectivity index (χ1) is 4.81. The van der Waals surface area contributed by atoms with Gasteiger partial charge in [0, 0.05) is 6.08 Å². The molecule has 0 aliphatic heterocycles. The van der Waals surface area contributed by atoms with Gasteiger partial charge in [-0.15, -0.1) is 0 Å². The van der Waals surface area contributed by atoms with Crippen molar-refractivity contribution in [3.63, 3.8) is 0 Å². The fourth-order valence-corrected chi connectivity index (χ4v) is 0.205. The number of carbonyl (C=O) groups excluding carboxylic acids is 1. The zero-order valence-corrected chi connectivity index (χ0v) is 5.34. The molecule has 0 saturated carbocycles. The van der Waals surface area contributed by atoms with Crippen molar-refractivity contribution in [1.29, 1.82) is 0 Å². The minimum absolute atomic E-state index is 0.0465. The lowest BCUT2D eigenvalue weighted by Gasteiger charge is -1.94. The van der Waals surface area contributed by atoms with Gasteiger partial charge in [0.25, 0.3) is 0 Å². The van der Waals surface area contributed by atoms with E-state index in [0.717, 1.165) is 6.08 Å². The van der Waals surface area contributed by atoms with Crippen LogP contribution in [0.1, 0.15) is 0 Å². The van der Waals surface area contributed by atoms with Gasteiger partial charge in [0.1, 0.15) is 6.61 Å². The second kappa shape index (κ2) is 11.0. The van der Waals surface area contributed by atoms with Gasteiger partial charge in [0.05, 0.1) is 6.61 Å². The monoisotopic (exact) mass is 147 g/mol. The number of ether oxygens (including phenoxy) is 1. The topological polar surface area (TPSA) is 46.5 Å². The predicted molar refractivity (Wildman–Crippen MR) is 32.6 cm³/mol. The largest absolute Gasteiger partial charge is 0.460 e. The summed E-state index contributed by atoms with van der Waals surface area (Å²) in [5.74, 6) is -0.501. The zero-order valence-electron chi connectivity index (χ0n) is 5.34. The molecule has 0 aromatic heterocycles. The van der Waals surface area contributed by atoms with Gasteiger partial charge in [-0.1, -0.05) is 6.58 Å². The molecule has 0 fully saturated rings. The fourth-order valence-electron chi connectivity index (χ4n) is 0.205. The molecule has 0 aromatic carbocycles. The smallest absolute Gasteiger partial charge is 0.330 e. The van der Waals surface area contributed by atoms with E-state index in [1.54, 1.807) is 0 Å². The first-order valence-corrected chi connectivity index (χ1v) is 2.40. The maximum absolute atomic E-state index is 10.1. The molecular formula is C6H8FO3. The molecule has 3 nitrogen and oxygen atoms in total. The van der Waals surface area contributed by atoms with Crippen molar-refractivity contribution in [2.75, 3.05) is 13.2 Å². The highest BCUT2D eigenvalue weighted by molar-refractivity contribution is 5.81. The van der Waals surface area contributed by atoms with Crippen molar-refractivity contribution in [2.24, 2.45) is 0 Å². The molecule has 0 aromatic rings. The SMILES string of the molecule is C=CC(=O)OCCO.[C]F. The number of aliphatic hydroxyl groups is 1. The summed E-state index contributed by atoms with van der Waals surface area (Å²) in [7, 11) is 4.25. The Morgan fingerprint density at radius 3 is 2.60 bits per heavy atom. The first kappa shape index (κ1) is 11.8. The van der Waals surface area contributed by atoms with E-state index in [1.165, 1.54) is 0 Å². The summed E-state index contributed by atoms with van der Waals surface area (Å²) in [4.78, 5) is 10.1. The Morgan fingerprint density at radius 2 is 2.30 bits per heavy atom. The number of esters is 1. The van der Waals surface area contributed by atoms with Gasteiger partial charge in [0.2, 0.25) is 7.18 Å².